The van der Waals surface area contributed by atoms with Gasteiger partial charge in [0, 0.05) is 18.3 Å². The number of pyridine rings is 1. The first-order valence-electron chi connectivity index (χ1n) is 7.19. The predicted octanol–water partition coefficient (Wildman–Crippen LogP) is 2.18. The maximum atomic E-state index is 11.9. The molecule has 1 saturated carbocycles. The number of rotatable bonds is 5. The van der Waals surface area contributed by atoms with Gasteiger partial charge in [0.25, 0.3) is 0 Å². The molecule has 0 spiro atoms. The van der Waals surface area contributed by atoms with Crippen molar-refractivity contribution in [2.75, 3.05) is 6.54 Å². The Morgan fingerprint density at radius 2 is 2.16 bits per heavy atom. The Labute approximate surface area is 115 Å². The van der Waals surface area contributed by atoms with Crippen LogP contribution in [0.3, 0.4) is 0 Å². The molecule has 0 saturated heterocycles. The Bertz CT molecular complexity index is 388. The number of hydrogen-bond acceptors (Lipinski definition) is 3. The molecule has 104 valence electrons. The van der Waals surface area contributed by atoms with Gasteiger partial charge in [-0.2, -0.15) is 0 Å². The molecule has 0 aromatic carbocycles. The van der Waals surface area contributed by atoms with Crippen molar-refractivity contribution in [2.24, 2.45) is 0 Å². The molecule has 1 aromatic heterocycles. The molecule has 1 amide bonds. The fourth-order valence-corrected chi connectivity index (χ4v) is 2.51. The lowest BCUT2D eigenvalue weighted by Gasteiger charge is -2.23. The fourth-order valence-electron chi connectivity index (χ4n) is 2.51. The topological polar surface area (TPSA) is 54.0 Å². The summed E-state index contributed by atoms with van der Waals surface area (Å²) in [4.78, 5) is 16.1. The van der Waals surface area contributed by atoms with E-state index in [2.05, 4.69) is 15.6 Å². The molecule has 1 aliphatic carbocycles. The maximum absolute atomic E-state index is 11.9. The zero-order valence-corrected chi connectivity index (χ0v) is 11.6. The first-order chi connectivity index (χ1) is 9.25. The van der Waals surface area contributed by atoms with Crippen LogP contribution in [0.25, 0.3) is 0 Å². The van der Waals surface area contributed by atoms with Gasteiger partial charge in [-0.25, -0.2) is 0 Å². The SMILES string of the molecule is CC(NCC(=O)NC1CCCCC1)c1ccccn1. The van der Waals surface area contributed by atoms with E-state index in [1.165, 1.54) is 19.3 Å². The van der Waals surface area contributed by atoms with Crippen LogP contribution in [0.2, 0.25) is 0 Å². The van der Waals surface area contributed by atoms with Crippen LogP contribution in [-0.4, -0.2) is 23.5 Å². The van der Waals surface area contributed by atoms with E-state index in [4.69, 9.17) is 0 Å². The molecule has 0 radical (unpaired) electrons. The predicted molar refractivity (Wildman–Crippen MR) is 75.7 cm³/mol. The molecule has 0 bridgehead atoms. The monoisotopic (exact) mass is 261 g/mol. The number of carbonyl (C=O) groups is 1. The Morgan fingerprint density at radius 1 is 1.37 bits per heavy atom. The van der Waals surface area contributed by atoms with Crippen molar-refractivity contribution in [1.82, 2.24) is 15.6 Å². The van der Waals surface area contributed by atoms with Crippen molar-refractivity contribution in [1.29, 1.82) is 0 Å². The van der Waals surface area contributed by atoms with E-state index in [0.717, 1.165) is 18.5 Å². The van der Waals surface area contributed by atoms with Crippen LogP contribution >= 0.6 is 0 Å². The highest BCUT2D eigenvalue weighted by Crippen LogP contribution is 2.17. The minimum absolute atomic E-state index is 0.0923. The summed E-state index contributed by atoms with van der Waals surface area (Å²) in [5.74, 6) is 0.0923. The van der Waals surface area contributed by atoms with E-state index in [1.54, 1.807) is 6.20 Å². The lowest BCUT2D eigenvalue weighted by Crippen LogP contribution is -2.41. The van der Waals surface area contributed by atoms with Crippen molar-refractivity contribution < 1.29 is 4.79 Å². The quantitative estimate of drug-likeness (QED) is 0.854. The van der Waals surface area contributed by atoms with E-state index in [9.17, 15) is 4.79 Å². The van der Waals surface area contributed by atoms with Gasteiger partial charge in [-0.15, -0.1) is 0 Å². The van der Waals surface area contributed by atoms with Gasteiger partial charge in [-0.3, -0.25) is 9.78 Å². The molecule has 1 aromatic rings. The van der Waals surface area contributed by atoms with E-state index < -0.39 is 0 Å². The second-order valence-corrected chi connectivity index (χ2v) is 5.26. The minimum atomic E-state index is 0.0923. The number of nitrogens with zero attached hydrogens (tertiary/aromatic N) is 1. The third kappa shape index (κ3) is 4.63. The maximum Gasteiger partial charge on any atom is 0.234 e. The molecule has 2 rings (SSSR count). The third-order valence-electron chi connectivity index (χ3n) is 3.67. The second kappa shape index (κ2) is 7.24. The third-order valence-corrected chi connectivity index (χ3v) is 3.67. The van der Waals surface area contributed by atoms with Gasteiger partial charge < -0.3 is 10.6 Å². The Hall–Kier alpha value is -1.42. The second-order valence-electron chi connectivity index (χ2n) is 5.26. The summed E-state index contributed by atoms with van der Waals surface area (Å²) in [6.45, 7) is 2.38. The molecule has 2 N–H and O–H groups in total. The summed E-state index contributed by atoms with van der Waals surface area (Å²) in [5, 5.41) is 6.32. The number of hydrogen-bond donors (Lipinski definition) is 2. The van der Waals surface area contributed by atoms with Crippen LogP contribution < -0.4 is 10.6 Å². The van der Waals surface area contributed by atoms with Crippen LogP contribution in [-0.2, 0) is 4.79 Å². The molecule has 1 aliphatic rings. The minimum Gasteiger partial charge on any atom is -0.352 e. The molecule has 1 heterocycles. The molecule has 19 heavy (non-hydrogen) atoms. The van der Waals surface area contributed by atoms with Crippen LogP contribution in [0.15, 0.2) is 24.4 Å². The Kier molecular flexibility index (Phi) is 5.33. The molecule has 1 atom stereocenters. The highest BCUT2D eigenvalue weighted by molar-refractivity contribution is 5.78. The summed E-state index contributed by atoms with van der Waals surface area (Å²) in [6, 6.07) is 6.30. The van der Waals surface area contributed by atoms with Crippen molar-refractivity contribution in [3.63, 3.8) is 0 Å². The molecule has 1 unspecified atom stereocenters. The van der Waals surface area contributed by atoms with Crippen LogP contribution in [0.1, 0.15) is 50.8 Å². The highest BCUT2D eigenvalue weighted by Gasteiger charge is 2.16. The van der Waals surface area contributed by atoms with E-state index in [-0.39, 0.29) is 11.9 Å². The standard InChI is InChI=1S/C15H23N3O/c1-12(14-9-5-6-10-16-14)17-11-15(19)18-13-7-3-2-4-8-13/h5-6,9-10,12-13,17H,2-4,7-8,11H2,1H3,(H,18,19). The van der Waals surface area contributed by atoms with Crippen LogP contribution in [0.5, 0.6) is 0 Å². The zero-order valence-electron chi connectivity index (χ0n) is 11.6. The summed E-state index contributed by atoms with van der Waals surface area (Å²) < 4.78 is 0. The number of aromatic nitrogens is 1. The largest absolute Gasteiger partial charge is 0.352 e. The van der Waals surface area contributed by atoms with Crippen molar-refractivity contribution in [3.8, 4) is 0 Å². The molecule has 4 heteroatoms. The van der Waals surface area contributed by atoms with Gasteiger partial charge in [0.15, 0.2) is 0 Å². The van der Waals surface area contributed by atoms with E-state index in [1.807, 2.05) is 25.1 Å². The molecule has 0 aliphatic heterocycles. The summed E-state index contributed by atoms with van der Waals surface area (Å²) in [7, 11) is 0. The average molecular weight is 261 g/mol. The van der Waals surface area contributed by atoms with Gasteiger partial charge in [0.2, 0.25) is 5.91 Å². The summed E-state index contributed by atoms with van der Waals surface area (Å²) in [6.07, 6.45) is 7.81. The van der Waals surface area contributed by atoms with Crippen molar-refractivity contribution >= 4 is 5.91 Å². The van der Waals surface area contributed by atoms with Gasteiger partial charge in [0.1, 0.15) is 0 Å². The smallest absolute Gasteiger partial charge is 0.234 e. The molecular formula is C15H23N3O. The number of carbonyl (C=O) groups excluding carboxylic acids is 1. The fraction of sp³-hybridized carbons (Fsp3) is 0.600. The number of nitrogens with one attached hydrogen (secondary N) is 2. The van der Waals surface area contributed by atoms with Gasteiger partial charge >= 0.3 is 0 Å². The molecule has 1 fully saturated rings. The van der Waals surface area contributed by atoms with Crippen molar-refractivity contribution in [3.05, 3.63) is 30.1 Å². The summed E-state index contributed by atoms with van der Waals surface area (Å²) >= 11 is 0. The molecule has 4 nitrogen and oxygen atoms in total. The normalized spacial score (nSPS) is 17.9. The van der Waals surface area contributed by atoms with E-state index in [0.29, 0.717) is 12.6 Å². The van der Waals surface area contributed by atoms with Gasteiger partial charge in [-0.1, -0.05) is 25.3 Å². The lowest BCUT2D eigenvalue weighted by molar-refractivity contribution is -0.121. The first-order valence-corrected chi connectivity index (χ1v) is 7.19. The molecular weight excluding hydrogens is 238 g/mol. The van der Waals surface area contributed by atoms with Gasteiger partial charge in [-0.05, 0) is 31.9 Å². The van der Waals surface area contributed by atoms with Crippen molar-refractivity contribution in [2.45, 2.75) is 51.1 Å². The highest BCUT2D eigenvalue weighted by atomic mass is 16.1. The van der Waals surface area contributed by atoms with E-state index >= 15 is 0 Å². The average Bonchev–Trinajstić information content (AvgIpc) is 2.47. The van der Waals surface area contributed by atoms with Gasteiger partial charge in [0.05, 0.1) is 12.2 Å². The lowest BCUT2D eigenvalue weighted by atomic mass is 9.95. The summed E-state index contributed by atoms with van der Waals surface area (Å²) in [5.41, 5.74) is 0.966. The number of amides is 1. The van der Waals surface area contributed by atoms with Crippen LogP contribution in [0, 0.1) is 0 Å². The Balaban J connectivity index is 1.71. The Morgan fingerprint density at radius 3 is 2.84 bits per heavy atom. The van der Waals surface area contributed by atoms with Crippen LogP contribution in [0.4, 0.5) is 0 Å². The zero-order chi connectivity index (χ0) is 13.5. The first kappa shape index (κ1) is 14.0.